The van der Waals surface area contributed by atoms with Crippen molar-refractivity contribution in [1.82, 2.24) is 0 Å². The van der Waals surface area contributed by atoms with Crippen LogP contribution in [0.15, 0.2) is 54.6 Å². The molecule has 0 heterocycles. The molecule has 0 N–H and O–H groups in total. The van der Waals surface area contributed by atoms with E-state index in [0.29, 0.717) is 0 Å². The summed E-state index contributed by atoms with van der Waals surface area (Å²) < 4.78 is 6.72. The van der Waals surface area contributed by atoms with Gasteiger partial charge in [0.05, 0.1) is 14.1 Å². The molecule has 0 spiro atoms. The molecule has 0 aromatic heterocycles. The maximum Gasteiger partial charge on any atom is 0.137 e. The van der Waals surface area contributed by atoms with Crippen molar-refractivity contribution in [3.8, 4) is 5.75 Å². The molecular formula is C18H24NO+. The van der Waals surface area contributed by atoms with Crippen LogP contribution >= 0.6 is 0 Å². The predicted octanol–water partition coefficient (Wildman–Crippen LogP) is 3.65. The second-order valence-corrected chi connectivity index (χ2v) is 5.91. The van der Waals surface area contributed by atoms with Crippen LogP contribution in [0, 0.1) is 6.92 Å². The van der Waals surface area contributed by atoms with Gasteiger partial charge in [0.2, 0.25) is 0 Å². The first kappa shape index (κ1) is 14.6. The summed E-state index contributed by atoms with van der Waals surface area (Å²) in [5.74, 6) is 0.948. The molecule has 2 aromatic rings. The van der Waals surface area contributed by atoms with Crippen molar-refractivity contribution >= 4 is 0 Å². The van der Waals surface area contributed by atoms with Crippen molar-refractivity contribution in [2.24, 2.45) is 0 Å². The Labute approximate surface area is 122 Å². The Balaban J connectivity index is 1.86. The second kappa shape index (κ2) is 6.58. The van der Waals surface area contributed by atoms with Gasteiger partial charge in [-0.1, -0.05) is 42.5 Å². The van der Waals surface area contributed by atoms with Crippen LogP contribution in [0.3, 0.4) is 0 Å². The minimum Gasteiger partial charge on any atom is -0.488 e. The van der Waals surface area contributed by atoms with Crippen molar-refractivity contribution in [3.63, 3.8) is 0 Å². The summed E-state index contributed by atoms with van der Waals surface area (Å²) in [7, 11) is 4.50. The van der Waals surface area contributed by atoms with Gasteiger partial charge in [0.1, 0.15) is 25.4 Å². The molecule has 2 rings (SSSR count). The zero-order valence-corrected chi connectivity index (χ0v) is 12.7. The summed E-state index contributed by atoms with van der Waals surface area (Å²) >= 11 is 0. The zero-order chi connectivity index (χ0) is 14.4. The Hall–Kier alpha value is -1.80. The molecular weight excluding hydrogens is 246 g/mol. The van der Waals surface area contributed by atoms with Gasteiger partial charge in [0, 0.05) is 5.56 Å². The third kappa shape index (κ3) is 4.39. The van der Waals surface area contributed by atoms with E-state index in [9.17, 15) is 0 Å². The number of nitrogens with zero attached hydrogens (tertiary/aromatic N) is 1. The van der Waals surface area contributed by atoms with E-state index in [1.165, 1.54) is 11.1 Å². The smallest absolute Gasteiger partial charge is 0.137 e. The lowest BCUT2D eigenvalue weighted by molar-refractivity contribution is -0.903. The highest BCUT2D eigenvalue weighted by Crippen LogP contribution is 2.14. The fraction of sp³-hybridized carbons (Fsp3) is 0.333. The number of rotatable bonds is 6. The van der Waals surface area contributed by atoms with Crippen molar-refractivity contribution in [3.05, 3.63) is 65.7 Å². The van der Waals surface area contributed by atoms with Gasteiger partial charge in [-0.25, -0.2) is 0 Å². The molecule has 2 aromatic carbocycles. The van der Waals surface area contributed by atoms with Crippen molar-refractivity contribution in [1.29, 1.82) is 0 Å². The molecule has 106 valence electrons. The number of likely N-dealkylation sites (N-methyl/N-ethyl adjacent to an activating group) is 1. The largest absolute Gasteiger partial charge is 0.488 e. The van der Waals surface area contributed by atoms with E-state index in [-0.39, 0.29) is 0 Å². The van der Waals surface area contributed by atoms with Gasteiger partial charge in [-0.15, -0.1) is 0 Å². The number of benzene rings is 2. The molecule has 2 heteroatoms. The maximum atomic E-state index is 5.79. The van der Waals surface area contributed by atoms with Crippen molar-refractivity contribution in [2.75, 3.05) is 27.2 Å². The SMILES string of the molecule is Cc1ccccc1C[N+](C)(C)CCOc1ccccc1. The summed E-state index contributed by atoms with van der Waals surface area (Å²) in [6.07, 6.45) is 0. The van der Waals surface area contributed by atoms with E-state index in [4.69, 9.17) is 4.74 Å². The first-order valence-corrected chi connectivity index (χ1v) is 7.11. The third-order valence-corrected chi connectivity index (χ3v) is 3.57. The summed E-state index contributed by atoms with van der Waals surface area (Å²) in [5.41, 5.74) is 2.78. The van der Waals surface area contributed by atoms with E-state index in [1.807, 2.05) is 30.3 Å². The van der Waals surface area contributed by atoms with Gasteiger partial charge in [-0.3, -0.25) is 0 Å². The molecule has 0 radical (unpaired) electrons. The molecule has 0 fully saturated rings. The van der Waals surface area contributed by atoms with Gasteiger partial charge in [0.25, 0.3) is 0 Å². The van der Waals surface area contributed by atoms with Crippen molar-refractivity contribution < 1.29 is 9.22 Å². The molecule has 0 aliphatic heterocycles. The zero-order valence-electron chi connectivity index (χ0n) is 12.7. The average molecular weight is 270 g/mol. The van der Waals surface area contributed by atoms with E-state index in [2.05, 4.69) is 45.3 Å². The highest BCUT2D eigenvalue weighted by atomic mass is 16.5. The summed E-state index contributed by atoms with van der Waals surface area (Å²) in [4.78, 5) is 0. The lowest BCUT2D eigenvalue weighted by Gasteiger charge is -2.30. The topological polar surface area (TPSA) is 9.23 Å². The van der Waals surface area contributed by atoms with E-state index >= 15 is 0 Å². The lowest BCUT2D eigenvalue weighted by Crippen LogP contribution is -2.42. The quantitative estimate of drug-likeness (QED) is 0.728. The van der Waals surface area contributed by atoms with Crippen LogP contribution < -0.4 is 4.74 Å². The Morgan fingerprint density at radius 2 is 1.55 bits per heavy atom. The molecule has 0 unspecified atom stereocenters. The molecule has 20 heavy (non-hydrogen) atoms. The normalized spacial score (nSPS) is 11.3. The number of hydrogen-bond acceptors (Lipinski definition) is 1. The maximum absolute atomic E-state index is 5.79. The minimum atomic E-state index is 0.739. The first-order chi connectivity index (χ1) is 9.57. The van der Waals surface area contributed by atoms with Gasteiger partial charge in [-0.2, -0.15) is 0 Å². The minimum absolute atomic E-state index is 0.739. The molecule has 0 saturated heterocycles. The average Bonchev–Trinajstić information content (AvgIpc) is 2.42. The fourth-order valence-corrected chi connectivity index (χ4v) is 2.26. The molecule has 0 amide bonds. The Kier molecular flexibility index (Phi) is 4.80. The number of para-hydroxylation sites is 1. The molecule has 0 aliphatic carbocycles. The molecule has 0 saturated carbocycles. The standard InChI is InChI=1S/C18H24NO/c1-16-9-7-8-10-17(16)15-19(2,3)13-14-20-18-11-5-4-6-12-18/h4-12H,13-15H2,1-3H3/q+1. The van der Waals surface area contributed by atoms with E-state index in [1.54, 1.807) is 0 Å². The Morgan fingerprint density at radius 1 is 0.900 bits per heavy atom. The van der Waals surface area contributed by atoms with Gasteiger partial charge in [-0.05, 0) is 24.6 Å². The van der Waals surface area contributed by atoms with Crippen LogP contribution in [0.1, 0.15) is 11.1 Å². The first-order valence-electron chi connectivity index (χ1n) is 7.11. The Morgan fingerprint density at radius 3 is 2.25 bits per heavy atom. The monoisotopic (exact) mass is 270 g/mol. The van der Waals surface area contributed by atoms with Crippen LogP contribution in [0.5, 0.6) is 5.75 Å². The highest BCUT2D eigenvalue weighted by molar-refractivity contribution is 5.24. The molecule has 2 nitrogen and oxygen atoms in total. The number of aryl methyl sites for hydroxylation is 1. The van der Waals surface area contributed by atoms with E-state index < -0.39 is 0 Å². The number of ether oxygens (including phenoxy) is 1. The van der Waals surface area contributed by atoms with E-state index in [0.717, 1.165) is 29.9 Å². The van der Waals surface area contributed by atoms with Gasteiger partial charge in [0.15, 0.2) is 0 Å². The van der Waals surface area contributed by atoms with Crippen LogP contribution in [0.25, 0.3) is 0 Å². The predicted molar refractivity (Wildman–Crippen MR) is 83.8 cm³/mol. The molecule has 0 aliphatic rings. The van der Waals surface area contributed by atoms with Gasteiger partial charge >= 0.3 is 0 Å². The van der Waals surface area contributed by atoms with Crippen LogP contribution in [0.4, 0.5) is 0 Å². The number of hydrogen-bond donors (Lipinski definition) is 0. The summed E-state index contributed by atoms with van der Waals surface area (Å²) in [6, 6.07) is 18.6. The molecule has 0 atom stereocenters. The lowest BCUT2D eigenvalue weighted by atomic mass is 10.1. The second-order valence-electron chi connectivity index (χ2n) is 5.91. The van der Waals surface area contributed by atoms with Crippen LogP contribution in [-0.2, 0) is 6.54 Å². The van der Waals surface area contributed by atoms with Crippen LogP contribution in [0.2, 0.25) is 0 Å². The fourth-order valence-electron chi connectivity index (χ4n) is 2.26. The van der Waals surface area contributed by atoms with Gasteiger partial charge < -0.3 is 9.22 Å². The van der Waals surface area contributed by atoms with Crippen molar-refractivity contribution in [2.45, 2.75) is 13.5 Å². The third-order valence-electron chi connectivity index (χ3n) is 3.57. The molecule has 0 bridgehead atoms. The summed E-state index contributed by atoms with van der Waals surface area (Å²) in [6.45, 7) is 4.94. The number of quaternary nitrogens is 1. The van der Waals surface area contributed by atoms with Crippen LogP contribution in [-0.4, -0.2) is 31.7 Å². The highest BCUT2D eigenvalue weighted by Gasteiger charge is 2.16. The summed E-state index contributed by atoms with van der Waals surface area (Å²) in [5, 5.41) is 0. The Bertz CT molecular complexity index is 534.